The summed E-state index contributed by atoms with van der Waals surface area (Å²) in [7, 11) is 3.59. The van der Waals surface area contributed by atoms with Crippen LogP contribution in [0, 0.1) is 0 Å². The molecular formula is C14H23IN4O. The standard InChI is InChI=1S/C14H22N4O.HI/c1-15-14(16-2)18-10-11-7-8-13(17-9-11)19-12-5-3-4-6-12;/h7-9,12H,3-6,10H2,1-2H3,(H2,15,16,18);1H. The highest BCUT2D eigenvalue weighted by molar-refractivity contribution is 14.0. The van der Waals surface area contributed by atoms with E-state index in [1.165, 1.54) is 12.8 Å². The van der Waals surface area contributed by atoms with Crippen LogP contribution >= 0.6 is 24.0 Å². The Hall–Kier alpha value is -1.05. The fourth-order valence-electron chi connectivity index (χ4n) is 2.23. The van der Waals surface area contributed by atoms with Crippen molar-refractivity contribution in [3.63, 3.8) is 0 Å². The van der Waals surface area contributed by atoms with Gasteiger partial charge in [0.1, 0.15) is 6.10 Å². The van der Waals surface area contributed by atoms with Crippen molar-refractivity contribution in [1.29, 1.82) is 0 Å². The quantitative estimate of drug-likeness (QED) is 0.471. The van der Waals surface area contributed by atoms with E-state index >= 15 is 0 Å². The van der Waals surface area contributed by atoms with Crippen molar-refractivity contribution in [3.8, 4) is 5.88 Å². The van der Waals surface area contributed by atoms with Gasteiger partial charge in [-0.05, 0) is 31.2 Å². The van der Waals surface area contributed by atoms with Crippen LogP contribution in [0.5, 0.6) is 5.88 Å². The Morgan fingerprint density at radius 2 is 2.15 bits per heavy atom. The van der Waals surface area contributed by atoms with Crippen molar-refractivity contribution in [2.75, 3.05) is 14.1 Å². The average Bonchev–Trinajstić information content (AvgIpc) is 2.95. The molecule has 0 amide bonds. The fraction of sp³-hybridized carbons (Fsp3) is 0.571. The highest BCUT2D eigenvalue weighted by Gasteiger charge is 2.16. The number of pyridine rings is 1. The van der Waals surface area contributed by atoms with Gasteiger partial charge in [-0.25, -0.2) is 4.98 Å². The lowest BCUT2D eigenvalue weighted by Gasteiger charge is -2.12. The number of aromatic nitrogens is 1. The minimum absolute atomic E-state index is 0. The molecule has 0 aromatic carbocycles. The third-order valence-electron chi connectivity index (χ3n) is 3.31. The van der Waals surface area contributed by atoms with Crippen LogP contribution in [0.3, 0.4) is 0 Å². The smallest absolute Gasteiger partial charge is 0.213 e. The van der Waals surface area contributed by atoms with Crippen molar-refractivity contribution in [1.82, 2.24) is 15.6 Å². The molecule has 1 saturated carbocycles. The fourth-order valence-corrected chi connectivity index (χ4v) is 2.23. The predicted molar refractivity (Wildman–Crippen MR) is 91.8 cm³/mol. The Labute approximate surface area is 137 Å². The van der Waals surface area contributed by atoms with Gasteiger partial charge >= 0.3 is 0 Å². The molecule has 0 unspecified atom stereocenters. The van der Waals surface area contributed by atoms with Crippen LogP contribution in [0.2, 0.25) is 0 Å². The van der Waals surface area contributed by atoms with Crippen molar-refractivity contribution in [3.05, 3.63) is 23.9 Å². The van der Waals surface area contributed by atoms with E-state index in [1.54, 1.807) is 7.05 Å². The number of aliphatic imine (C=N–C) groups is 1. The summed E-state index contributed by atoms with van der Waals surface area (Å²) in [5, 5.41) is 6.16. The molecule has 0 radical (unpaired) electrons. The zero-order valence-electron chi connectivity index (χ0n) is 12.1. The predicted octanol–water partition coefficient (Wildman–Crippen LogP) is 2.32. The number of hydrogen-bond donors (Lipinski definition) is 2. The Morgan fingerprint density at radius 1 is 1.40 bits per heavy atom. The molecular weight excluding hydrogens is 367 g/mol. The summed E-state index contributed by atoms with van der Waals surface area (Å²) in [6.07, 6.45) is 7.07. The molecule has 0 aliphatic heterocycles. The third-order valence-corrected chi connectivity index (χ3v) is 3.31. The van der Waals surface area contributed by atoms with E-state index in [1.807, 2.05) is 25.4 Å². The zero-order valence-corrected chi connectivity index (χ0v) is 14.4. The Kier molecular flexibility index (Phi) is 7.64. The van der Waals surface area contributed by atoms with Gasteiger partial charge in [-0.15, -0.1) is 24.0 Å². The maximum Gasteiger partial charge on any atom is 0.213 e. The van der Waals surface area contributed by atoms with Gasteiger partial charge in [-0.3, -0.25) is 4.99 Å². The number of nitrogens with one attached hydrogen (secondary N) is 2. The van der Waals surface area contributed by atoms with Crippen LogP contribution in [0.25, 0.3) is 0 Å². The number of ether oxygens (including phenoxy) is 1. The lowest BCUT2D eigenvalue weighted by Crippen LogP contribution is -2.34. The SMILES string of the molecule is CN=C(NC)NCc1ccc(OC2CCCC2)nc1.I. The van der Waals surface area contributed by atoms with Gasteiger partial charge < -0.3 is 15.4 Å². The van der Waals surface area contributed by atoms with E-state index in [-0.39, 0.29) is 24.0 Å². The first-order valence-corrected chi connectivity index (χ1v) is 6.82. The molecule has 1 aromatic heterocycles. The van der Waals surface area contributed by atoms with Gasteiger partial charge in [0.2, 0.25) is 5.88 Å². The molecule has 112 valence electrons. The van der Waals surface area contributed by atoms with Crippen LogP contribution in [-0.4, -0.2) is 31.1 Å². The number of guanidine groups is 1. The normalized spacial score (nSPS) is 15.6. The summed E-state index contributed by atoms with van der Waals surface area (Å²) in [5.74, 6) is 1.50. The molecule has 0 spiro atoms. The summed E-state index contributed by atoms with van der Waals surface area (Å²) >= 11 is 0. The average molecular weight is 390 g/mol. The Morgan fingerprint density at radius 3 is 2.70 bits per heavy atom. The largest absolute Gasteiger partial charge is 0.474 e. The Bertz CT molecular complexity index is 416. The summed E-state index contributed by atoms with van der Waals surface area (Å²) in [5.41, 5.74) is 1.11. The van der Waals surface area contributed by atoms with Gasteiger partial charge in [0.15, 0.2) is 5.96 Å². The second-order valence-corrected chi connectivity index (χ2v) is 4.70. The molecule has 5 nitrogen and oxygen atoms in total. The van der Waals surface area contributed by atoms with E-state index in [9.17, 15) is 0 Å². The van der Waals surface area contributed by atoms with E-state index in [4.69, 9.17) is 4.74 Å². The molecule has 2 N–H and O–H groups in total. The minimum atomic E-state index is 0. The van der Waals surface area contributed by atoms with E-state index < -0.39 is 0 Å². The minimum Gasteiger partial charge on any atom is -0.474 e. The van der Waals surface area contributed by atoms with Crippen LogP contribution in [0.15, 0.2) is 23.3 Å². The monoisotopic (exact) mass is 390 g/mol. The summed E-state index contributed by atoms with van der Waals surface area (Å²) < 4.78 is 5.83. The molecule has 0 bridgehead atoms. The third kappa shape index (κ3) is 5.15. The van der Waals surface area contributed by atoms with Crippen molar-refractivity contribution >= 4 is 29.9 Å². The summed E-state index contributed by atoms with van der Waals surface area (Å²) in [6.45, 7) is 0.699. The zero-order chi connectivity index (χ0) is 13.5. The lowest BCUT2D eigenvalue weighted by atomic mass is 10.3. The van der Waals surface area contributed by atoms with Gasteiger partial charge in [0, 0.05) is 32.9 Å². The number of halogens is 1. The van der Waals surface area contributed by atoms with Crippen LogP contribution in [0.4, 0.5) is 0 Å². The van der Waals surface area contributed by atoms with Crippen molar-refractivity contribution < 1.29 is 4.74 Å². The highest BCUT2D eigenvalue weighted by Crippen LogP contribution is 2.22. The van der Waals surface area contributed by atoms with Crippen molar-refractivity contribution in [2.24, 2.45) is 4.99 Å². The van der Waals surface area contributed by atoms with Crippen LogP contribution in [-0.2, 0) is 6.54 Å². The maximum absolute atomic E-state index is 5.83. The van der Waals surface area contributed by atoms with Crippen molar-refractivity contribution in [2.45, 2.75) is 38.3 Å². The molecule has 0 atom stereocenters. The topological polar surface area (TPSA) is 58.5 Å². The second kappa shape index (κ2) is 8.99. The molecule has 2 rings (SSSR count). The van der Waals surface area contributed by atoms with E-state index in [0.29, 0.717) is 12.6 Å². The molecule has 1 aromatic rings. The summed E-state index contributed by atoms with van der Waals surface area (Å²) in [4.78, 5) is 8.41. The molecule has 6 heteroatoms. The van der Waals surface area contributed by atoms with Crippen LogP contribution in [0.1, 0.15) is 31.2 Å². The van der Waals surface area contributed by atoms with Gasteiger partial charge in [0.25, 0.3) is 0 Å². The van der Waals surface area contributed by atoms with E-state index in [2.05, 4.69) is 20.6 Å². The first kappa shape index (κ1) is 17.0. The molecule has 1 fully saturated rings. The molecule has 1 aliphatic rings. The molecule has 1 heterocycles. The van der Waals surface area contributed by atoms with Gasteiger partial charge in [-0.1, -0.05) is 6.07 Å². The molecule has 20 heavy (non-hydrogen) atoms. The number of hydrogen-bond acceptors (Lipinski definition) is 3. The molecule has 1 aliphatic carbocycles. The number of rotatable bonds is 4. The first-order chi connectivity index (χ1) is 9.31. The first-order valence-electron chi connectivity index (χ1n) is 6.82. The highest BCUT2D eigenvalue weighted by atomic mass is 127. The second-order valence-electron chi connectivity index (χ2n) is 4.70. The molecule has 0 saturated heterocycles. The van der Waals surface area contributed by atoms with Crippen LogP contribution < -0.4 is 15.4 Å². The lowest BCUT2D eigenvalue weighted by molar-refractivity contribution is 0.201. The Balaban J connectivity index is 0.00000200. The maximum atomic E-state index is 5.83. The van der Waals surface area contributed by atoms with Gasteiger partial charge in [0.05, 0.1) is 0 Å². The van der Waals surface area contributed by atoms with E-state index in [0.717, 1.165) is 30.2 Å². The summed E-state index contributed by atoms with van der Waals surface area (Å²) in [6, 6.07) is 3.98. The van der Waals surface area contributed by atoms with Gasteiger partial charge in [-0.2, -0.15) is 0 Å². The number of nitrogens with zero attached hydrogens (tertiary/aromatic N) is 2.